The number of nitrogens with one attached hydrogen (secondary N) is 1. The molecule has 1 fully saturated rings. The van der Waals surface area contributed by atoms with Crippen LogP contribution in [0.4, 0.5) is 10.1 Å². The Morgan fingerprint density at radius 3 is 2.36 bits per heavy atom. The Bertz CT molecular complexity index is 1440. The van der Waals surface area contributed by atoms with Gasteiger partial charge in [-0.05, 0) is 92.6 Å². The van der Waals surface area contributed by atoms with E-state index < -0.39 is 6.04 Å². The maximum absolute atomic E-state index is 13.5. The van der Waals surface area contributed by atoms with Gasteiger partial charge in [-0.15, -0.1) is 5.10 Å². The molecule has 0 amide bonds. The minimum atomic E-state index is -0.413. The van der Waals surface area contributed by atoms with Crippen LogP contribution < -0.4 is 10.5 Å². The number of rotatable bonds is 4. The lowest BCUT2D eigenvalue weighted by atomic mass is 9.98. The molecule has 0 aliphatic carbocycles. The zero-order valence-corrected chi connectivity index (χ0v) is 21.4. The number of tetrazole rings is 1. The van der Waals surface area contributed by atoms with Crippen LogP contribution >= 0.6 is 0 Å². The molecule has 188 valence electrons. The topological polar surface area (TPSA) is 82.9 Å². The molecule has 8 nitrogen and oxygen atoms in total. The van der Waals surface area contributed by atoms with Crippen molar-refractivity contribution >= 4 is 16.6 Å². The number of nitrogens with zero attached hydrogens (tertiary/aromatic N) is 6. The maximum atomic E-state index is 13.5. The SMILES string of the molecule is Cc1cc(C)c2cc([C@@H](c3nnnn3C(C)(C)C)N3CCN(c4ccc(F)cc4)CC3)c(=O)[nH]c2c1. The van der Waals surface area contributed by atoms with Gasteiger partial charge in [0.1, 0.15) is 11.9 Å². The average Bonchev–Trinajstić information content (AvgIpc) is 3.31. The zero-order chi connectivity index (χ0) is 25.6. The van der Waals surface area contributed by atoms with Gasteiger partial charge < -0.3 is 9.88 Å². The lowest BCUT2D eigenvalue weighted by Gasteiger charge is -2.40. The highest BCUT2D eigenvalue weighted by molar-refractivity contribution is 5.83. The first-order valence-electron chi connectivity index (χ1n) is 12.3. The molecule has 0 spiro atoms. The third-order valence-electron chi connectivity index (χ3n) is 6.88. The Hall–Kier alpha value is -3.59. The first-order valence-corrected chi connectivity index (χ1v) is 12.3. The molecular weight excluding hydrogens is 457 g/mol. The van der Waals surface area contributed by atoms with Crippen LogP contribution in [0, 0.1) is 19.7 Å². The van der Waals surface area contributed by atoms with Crippen LogP contribution in [0.1, 0.15) is 49.3 Å². The van der Waals surface area contributed by atoms with Crippen molar-refractivity contribution in [1.82, 2.24) is 30.1 Å². The molecule has 1 saturated heterocycles. The van der Waals surface area contributed by atoms with E-state index in [1.807, 2.05) is 44.5 Å². The second-order valence-corrected chi connectivity index (χ2v) is 10.6. The molecule has 0 saturated carbocycles. The van der Waals surface area contributed by atoms with Crippen LogP contribution in [-0.4, -0.2) is 56.3 Å². The number of anilines is 1. The van der Waals surface area contributed by atoms with Crippen molar-refractivity contribution in [3.63, 3.8) is 0 Å². The number of pyridine rings is 1. The molecule has 1 atom stereocenters. The molecule has 5 rings (SSSR count). The van der Waals surface area contributed by atoms with Gasteiger partial charge in [0.2, 0.25) is 0 Å². The molecule has 1 aliphatic heterocycles. The fourth-order valence-electron chi connectivity index (χ4n) is 5.12. The zero-order valence-electron chi connectivity index (χ0n) is 21.4. The smallest absolute Gasteiger partial charge is 0.253 e. The summed E-state index contributed by atoms with van der Waals surface area (Å²) >= 11 is 0. The van der Waals surface area contributed by atoms with Gasteiger partial charge in [0.15, 0.2) is 5.82 Å². The first kappa shape index (κ1) is 24.1. The van der Waals surface area contributed by atoms with Crippen molar-refractivity contribution in [2.24, 2.45) is 0 Å². The van der Waals surface area contributed by atoms with Crippen LogP contribution in [0.25, 0.3) is 10.9 Å². The molecule has 0 radical (unpaired) electrons. The van der Waals surface area contributed by atoms with Crippen molar-refractivity contribution in [3.05, 3.63) is 81.2 Å². The predicted molar refractivity (Wildman–Crippen MR) is 139 cm³/mol. The van der Waals surface area contributed by atoms with Gasteiger partial charge in [0, 0.05) is 48.3 Å². The normalized spacial score (nSPS) is 16.0. The van der Waals surface area contributed by atoms with Crippen molar-refractivity contribution in [1.29, 1.82) is 0 Å². The van der Waals surface area contributed by atoms with E-state index in [0.29, 0.717) is 24.5 Å². The summed E-state index contributed by atoms with van der Waals surface area (Å²) in [4.78, 5) is 21.1. The highest BCUT2D eigenvalue weighted by Crippen LogP contribution is 2.31. The summed E-state index contributed by atoms with van der Waals surface area (Å²) < 4.78 is 15.2. The largest absolute Gasteiger partial charge is 0.369 e. The fourth-order valence-corrected chi connectivity index (χ4v) is 5.12. The molecule has 3 heterocycles. The number of hydrogen-bond donors (Lipinski definition) is 1. The molecule has 36 heavy (non-hydrogen) atoms. The maximum Gasteiger partial charge on any atom is 0.253 e. The summed E-state index contributed by atoms with van der Waals surface area (Å²) in [6, 6.07) is 12.3. The number of aromatic nitrogens is 5. The third-order valence-corrected chi connectivity index (χ3v) is 6.88. The number of hydrogen-bond acceptors (Lipinski definition) is 6. The molecule has 2 aromatic heterocycles. The summed E-state index contributed by atoms with van der Waals surface area (Å²) in [5, 5.41) is 13.7. The summed E-state index contributed by atoms with van der Waals surface area (Å²) in [6.45, 7) is 13.1. The van der Waals surface area contributed by atoms with Crippen LogP contribution in [0.3, 0.4) is 0 Å². The summed E-state index contributed by atoms with van der Waals surface area (Å²) in [5.74, 6) is 0.403. The number of piperazine rings is 1. The molecule has 0 bridgehead atoms. The van der Waals surface area contributed by atoms with Gasteiger partial charge in [-0.3, -0.25) is 9.69 Å². The molecular formula is C27H32FN7O. The average molecular weight is 490 g/mol. The van der Waals surface area contributed by atoms with Crippen molar-refractivity contribution < 1.29 is 4.39 Å². The second kappa shape index (κ2) is 9.13. The molecule has 1 aliphatic rings. The Morgan fingerprint density at radius 2 is 1.69 bits per heavy atom. The number of aromatic amines is 1. The third kappa shape index (κ3) is 4.51. The van der Waals surface area contributed by atoms with Crippen LogP contribution in [0.2, 0.25) is 0 Å². The first-order chi connectivity index (χ1) is 17.1. The van der Waals surface area contributed by atoms with E-state index in [9.17, 15) is 9.18 Å². The van der Waals surface area contributed by atoms with E-state index in [1.165, 1.54) is 12.1 Å². The van der Waals surface area contributed by atoms with E-state index in [-0.39, 0.29) is 16.9 Å². The van der Waals surface area contributed by atoms with E-state index in [1.54, 1.807) is 12.1 Å². The Kier molecular flexibility index (Phi) is 6.12. The Labute approximate surface area is 209 Å². The fraction of sp³-hybridized carbons (Fsp3) is 0.407. The number of aryl methyl sites for hydroxylation is 2. The Balaban J connectivity index is 1.57. The molecule has 4 aromatic rings. The monoisotopic (exact) mass is 489 g/mol. The quantitative estimate of drug-likeness (QED) is 0.468. The standard InChI is InChI=1S/C27H32FN7O/c1-17-14-18(2)21-16-22(26(36)29-23(21)15-17)24(25-30-31-32-35(25)27(3,4)5)34-12-10-33(11-13-34)20-8-6-19(28)7-9-20/h6-9,14-16,24H,10-13H2,1-5H3,(H,29,36)/t24-/m0/s1. The highest BCUT2D eigenvalue weighted by atomic mass is 19.1. The van der Waals surface area contributed by atoms with Gasteiger partial charge in [0.05, 0.1) is 5.54 Å². The minimum Gasteiger partial charge on any atom is -0.369 e. The van der Waals surface area contributed by atoms with Gasteiger partial charge in [-0.1, -0.05) is 6.07 Å². The molecule has 9 heteroatoms. The summed E-state index contributed by atoms with van der Waals surface area (Å²) in [6.07, 6.45) is 0. The van der Waals surface area contributed by atoms with Crippen LogP contribution in [-0.2, 0) is 5.54 Å². The van der Waals surface area contributed by atoms with E-state index in [0.717, 1.165) is 40.8 Å². The number of benzene rings is 2. The number of fused-ring (bicyclic) bond motifs is 1. The Morgan fingerprint density at radius 1 is 1.00 bits per heavy atom. The van der Waals surface area contributed by atoms with Crippen LogP contribution in [0.15, 0.2) is 47.3 Å². The van der Waals surface area contributed by atoms with Gasteiger partial charge in [-0.2, -0.15) is 0 Å². The lowest BCUT2D eigenvalue weighted by molar-refractivity contribution is 0.190. The van der Waals surface area contributed by atoms with E-state index in [4.69, 9.17) is 0 Å². The summed E-state index contributed by atoms with van der Waals surface area (Å²) in [7, 11) is 0. The predicted octanol–water partition coefficient (Wildman–Crippen LogP) is 3.94. The van der Waals surface area contributed by atoms with Gasteiger partial charge in [-0.25, -0.2) is 9.07 Å². The molecule has 2 aromatic carbocycles. The highest BCUT2D eigenvalue weighted by Gasteiger charge is 2.35. The minimum absolute atomic E-state index is 0.137. The molecule has 0 unspecified atom stereocenters. The molecule has 1 N–H and O–H groups in total. The van der Waals surface area contributed by atoms with E-state index >= 15 is 0 Å². The van der Waals surface area contributed by atoms with E-state index in [2.05, 4.69) is 43.3 Å². The van der Waals surface area contributed by atoms with Crippen LogP contribution in [0.5, 0.6) is 0 Å². The van der Waals surface area contributed by atoms with Crippen molar-refractivity contribution in [2.45, 2.75) is 46.2 Å². The number of halogens is 1. The summed E-state index contributed by atoms with van der Waals surface area (Å²) in [5.41, 5.74) is 4.17. The lowest BCUT2D eigenvalue weighted by Crippen LogP contribution is -2.49. The number of H-pyrrole nitrogens is 1. The van der Waals surface area contributed by atoms with Crippen molar-refractivity contribution in [3.8, 4) is 0 Å². The second-order valence-electron chi connectivity index (χ2n) is 10.6. The van der Waals surface area contributed by atoms with Gasteiger partial charge >= 0.3 is 0 Å². The van der Waals surface area contributed by atoms with Gasteiger partial charge in [0.25, 0.3) is 5.56 Å². The van der Waals surface area contributed by atoms with Crippen molar-refractivity contribution in [2.75, 3.05) is 31.1 Å².